The summed E-state index contributed by atoms with van der Waals surface area (Å²) < 4.78 is 0. The molecule has 0 radical (unpaired) electrons. The Bertz CT molecular complexity index is 622. The predicted octanol–water partition coefficient (Wildman–Crippen LogP) is 3.69. The van der Waals surface area contributed by atoms with Gasteiger partial charge in [-0.2, -0.15) is 0 Å². The van der Waals surface area contributed by atoms with Crippen molar-refractivity contribution >= 4 is 17.5 Å². The Kier molecular flexibility index (Phi) is 4.78. The Labute approximate surface area is 150 Å². The van der Waals surface area contributed by atoms with Gasteiger partial charge in [-0.1, -0.05) is 24.6 Å². The molecule has 1 N–H and O–H groups in total. The van der Waals surface area contributed by atoms with Crippen LogP contribution >= 0.6 is 0 Å². The Morgan fingerprint density at radius 2 is 1.76 bits per heavy atom. The molecule has 2 amide bonds. The summed E-state index contributed by atoms with van der Waals surface area (Å²) in [5, 5.41) is 2.99. The first-order chi connectivity index (χ1) is 12.2. The molecule has 4 nitrogen and oxygen atoms in total. The third-order valence-corrected chi connectivity index (χ3v) is 6.58. The molecule has 4 heteroatoms. The van der Waals surface area contributed by atoms with E-state index in [9.17, 15) is 9.59 Å². The normalized spacial score (nSPS) is 29.0. The van der Waals surface area contributed by atoms with Crippen LogP contribution in [0.2, 0.25) is 0 Å². The van der Waals surface area contributed by atoms with Gasteiger partial charge in [-0.25, -0.2) is 0 Å². The van der Waals surface area contributed by atoms with E-state index < -0.39 is 0 Å². The minimum atomic E-state index is 0.0201. The van der Waals surface area contributed by atoms with Crippen LogP contribution in [0.4, 0.5) is 5.69 Å². The second-order valence-electron chi connectivity index (χ2n) is 8.15. The Balaban J connectivity index is 1.24. The van der Waals surface area contributed by atoms with Crippen LogP contribution in [0.1, 0.15) is 44.9 Å². The zero-order valence-electron chi connectivity index (χ0n) is 14.8. The number of amides is 2. The first-order valence-electron chi connectivity index (χ1n) is 9.82. The summed E-state index contributed by atoms with van der Waals surface area (Å²) >= 11 is 0. The van der Waals surface area contributed by atoms with Gasteiger partial charge in [-0.3, -0.25) is 9.59 Å². The number of nitrogens with zero attached hydrogens (tertiary/aromatic N) is 1. The van der Waals surface area contributed by atoms with E-state index in [1.165, 1.54) is 25.7 Å². The average molecular weight is 340 g/mol. The van der Waals surface area contributed by atoms with E-state index in [-0.39, 0.29) is 11.8 Å². The van der Waals surface area contributed by atoms with Crippen LogP contribution in [0.15, 0.2) is 30.3 Å². The molecule has 3 fully saturated rings. The molecule has 0 unspecified atom stereocenters. The van der Waals surface area contributed by atoms with E-state index >= 15 is 0 Å². The van der Waals surface area contributed by atoms with Gasteiger partial charge in [0.15, 0.2) is 0 Å². The Hall–Kier alpha value is -1.84. The first kappa shape index (κ1) is 16.6. The highest BCUT2D eigenvalue weighted by atomic mass is 16.2. The number of nitrogens with one attached hydrogen (secondary N) is 1. The molecule has 4 rings (SSSR count). The van der Waals surface area contributed by atoms with Crippen molar-refractivity contribution in [2.45, 2.75) is 44.9 Å². The highest BCUT2D eigenvalue weighted by molar-refractivity contribution is 5.92. The summed E-state index contributed by atoms with van der Waals surface area (Å²) in [6.07, 6.45) is 7.65. The van der Waals surface area contributed by atoms with Crippen molar-refractivity contribution in [1.29, 1.82) is 0 Å². The van der Waals surface area contributed by atoms with Gasteiger partial charge in [-0.05, 0) is 62.0 Å². The SMILES string of the molecule is O=C(Nc1ccccc1)C1CCN(C(=O)C[C@H]2C[C@@H]3CC[C@@H]2C3)CC1. The number of carbonyl (C=O) groups excluding carboxylic acids is 2. The minimum Gasteiger partial charge on any atom is -0.343 e. The molecule has 3 atom stereocenters. The number of hydrogen-bond donors (Lipinski definition) is 1. The van der Waals surface area contributed by atoms with Crippen LogP contribution in [0.25, 0.3) is 0 Å². The maximum absolute atomic E-state index is 12.6. The van der Waals surface area contributed by atoms with Gasteiger partial charge in [0.05, 0.1) is 0 Å². The summed E-state index contributed by atoms with van der Waals surface area (Å²) in [5.74, 6) is 2.77. The summed E-state index contributed by atoms with van der Waals surface area (Å²) in [6, 6.07) is 9.60. The highest BCUT2D eigenvalue weighted by Crippen LogP contribution is 2.49. The number of likely N-dealkylation sites (tertiary alicyclic amines) is 1. The van der Waals surface area contributed by atoms with E-state index in [2.05, 4.69) is 5.32 Å². The smallest absolute Gasteiger partial charge is 0.227 e. The van der Waals surface area contributed by atoms with Gasteiger partial charge >= 0.3 is 0 Å². The Morgan fingerprint density at radius 1 is 1.00 bits per heavy atom. The summed E-state index contributed by atoms with van der Waals surface area (Å²) in [6.45, 7) is 1.46. The number of para-hydroxylation sites is 1. The highest BCUT2D eigenvalue weighted by Gasteiger charge is 2.41. The van der Waals surface area contributed by atoms with Gasteiger partial charge in [0.2, 0.25) is 11.8 Å². The quantitative estimate of drug-likeness (QED) is 0.909. The van der Waals surface area contributed by atoms with Crippen LogP contribution in [-0.4, -0.2) is 29.8 Å². The van der Waals surface area contributed by atoms with Crippen molar-refractivity contribution in [3.05, 3.63) is 30.3 Å². The van der Waals surface area contributed by atoms with Gasteiger partial charge in [-0.15, -0.1) is 0 Å². The fourth-order valence-corrected chi connectivity index (χ4v) is 5.14. The maximum atomic E-state index is 12.6. The van der Waals surface area contributed by atoms with Crippen LogP contribution in [0.3, 0.4) is 0 Å². The number of fused-ring (bicyclic) bond motifs is 2. The molecule has 0 aromatic heterocycles. The fourth-order valence-electron chi connectivity index (χ4n) is 5.14. The number of anilines is 1. The molecule has 1 saturated heterocycles. The topological polar surface area (TPSA) is 49.4 Å². The molecule has 25 heavy (non-hydrogen) atoms. The number of hydrogen-bond acceptors (Lipinski definition) is 2. The molecule has 1 aromatic carbocycles. The molecule has 1 aromatic rings. The molecule has 2 bridgehead atoms. The molecule has 134 valence electrons. The number of rotatable bonds is 4. The molecule has 1 heterocycles. The van der Waals surface area contributed by atoms with Crippen molar-refractivity contribution in [3.63, 3.8) is 0 Å². The van der Waals surface area contributed by atoms with Crippen molar-refractivity contribution in [2.75, 3.05) is 18.4 Å². The predicted molar refractivity (Wildman–Crippen MR) is 97.9 cm³/mol. The summed E-state index contributed by atoms with van der Waals surface area (Å²) in [5.41, 5.74) is 0.849. The zero-order valence-corrected chi connectivity index (χ0v) is 14.8. The molecular weight excluding hydrogens is 312 g/mol. The van der Waals surface area contributed by atoms with Crippen LogP contribution in [-0.2, 0) is 9.59 Å². The van der Waals surface area contributed by atoms with E-state index in [0.717, 1.165) is 49.9 Å². The lowest BCUT2D eigenvalue weighted by Gasteiger charge is -2.33. The molecule has 2 saturated carbocycles. The largest absolute Gasteiger partial charge is 0.343 e. The van der Waals surface area contributed by atoms with Crippen molar-refractivity contribution in [2.24, 2.45) is 23.7 Å². The third kappa shape index (κ3) is 3.73. The van der Waals surface area contributed by atoms with E-state index in [4.69, 9.17) is 0 Å². The standard InChI is InChI=1S/C21H28N2O2/c24-20(14-18-13-15-6-7-17(18)12-15)23-10-8-16(9-11-23)21(25)22-19-4-2-1-3-5-19/h1-5,15-18H,6-14H2,(H,22,25)/t15-,17-,18-/m1/s1. The monoisotopic (exact) mass is 340 g/mol. The molecular formula is C21H28N2O2. The van der Waals surface area contributed by atoms with Crippen molar-refractivity contribution in [1.82, 2.24) is 4.90 Å². The Morgan fingerprint density at radius 3 is 2.40 bits per heavy atom. The first-order valence-corrected chi connectivity index (χ1v) is 9.82. The second-order valence-corrected chi connectivity index (χ2v) is 8.15. The fraction of sp³-hybridized carbons (Fsp3) is 0.619. The van der Waals surface area contributed by atoms with Crippen LogP contribution < -0.4 is 5.32 Å². The summed E-state index contributed by atoms with van der Waals surface area (Å²) in [4.78, 5) is 27.0. The van der Waals surface area contributed by atoms with Crippen molar-refractivity contribution in [3.8, 4) is 0 Å². The maximum Gasteiger partial charge on any atom is 0.227 e. The average Bonchev–Trinajstić information content (AvgIpc) is 3.25. The molecule has 0 spiro atoms. The van der Waals surface area contributed by atoms with Gasteiger partial charge in [0.1, 0.15) is 0 Å². The third-order valence-electron chi connectivity index (χ3n) is 6.58. The van der Waals surface area contributed by atoms with E-state index in [1.807, 2.05) is 35.2 Å². The van der Waals surface area contributed by atoms with Gasteiger partial charge in [0.25, 0.3) is 0 Å². The second kappa shape index (κ2) is 7.19. The number of carbonyl (C=O) groups is 2. The molecule has 3 aliphatic rings. The minimum absolute atomic E-state index is 0.0201. The lowest BCUT2D eigenvalue weighted by atomic mass is 9.85. The van der Waals surface area contributed by atoms with E-state index in [0.29, 0.717) is 11.8 Å². The zero-order chi connectivity index (χ0) is 17.2. The van der Waals surface area contributed by atoms with Crippen molar-refractivity contribution < 1.29 is 9.59 Å². The summed E-state index contributed by atoms with van der Waals surface area (Å²) in [7, 11) is 0. The van der Waals surface area contributed by atoms with Gasteiger partial charge in [0, 0.05) is 31.1 Å². The van der Waals surface area contributed by atoms with Gasteiger partial charge < -0.3 is 10.2 Å². The van der Waals surface area contributed by atoms with Crippen LogP contribution in [0, 0.1) is 23.7 Å². The lowest BCUT2D eigenvalue weighted by molar-refractivity contribution is -0.135. The van der Waals surface area contributed by atoms with E-state index in [1.54, 1.807) is 0 Å². The lowest BCUT2D eigenvalue weighted by Crippen LogP contribution is -2.42. The van der Waals surface area contributed by atoms with Crippen LogP contribution in [0.5, 0.6) is 0 Å². The molecule has 1 aliphatic heterocycles. The number of benzene rings is 1. The number of piperidine rings is 1. The molecule has 2 aliphatic carbocycles.